The zero-order valence-electron chi connectivity index (χ0n) is 23.8. The highest BCUT2D eigenvalue weighted by atomic mass is 32.2. The number of carbonyl (C=O) groups excluding carboxylic acids is 2. The number of benzene rings is 2. The lowest BCUT2D eigenvalue weighted by molar-refractivity contribution is -0.118. The number of sulfonamides is 1. The van der Waals surface area contributed by atoms with E-state index in [4.69, 9.17) is 16.3 Å². The number of nitrogens with zero attached hydrogens (tertiary/aromatic N) is 1. The van der Waals surface area contributed by atoms with Gasteiger partial charge in [0.1, 0.15) is 5.70 Å². The first-order valence-electron chi connectivity index (χ1n) is 12.2. The Morgan fingerprint density at radius 2 is 1.67 bits per heavy atom. The number of ether oxygens (including phenoxy) is 1. The monoisotopic (exact) mass is 560 g/mol. The van der Waals surface area contributed by atoms with E-state index in [1.54, 1.807) is 30.3 Å². The van der Waals surface area contributed by atoms with Gasteiger partial charge in [-0.1, -0.05) is 47.6 Å². The van der Waals surface area contributed by atoms with Crippen LogP contribution in [0.5, 0.6) is 5.75 Å². The number of hydrogen-bond acceptors (Lipinski definition) is 8. The highest BCUT2D eigenvalue weighted by Crippen LogP contribution is 2.39. The van der Waals surface area contributed by atoms with E-state index < -0.39 is 21.8 Å². The maximum Gasteiger partial charge on any atom is 0.268 e. The molecular formula is C27H40N6O5S. The fraction of sp³-hybridized carbons (Fsp3) is 0.407. The Morgan fingerprint density at radius 3 is 2.21 bits per heavy atom. The molecule has 0 aliphatic heterocycles. The van der Waals surface area contributed by atoms with E-state index in [9.17, 15) is 18.0 Å². The number of nitrogens with two attached hydrogens (primary N) is 2. The summed E-state index contributed by atoms with van der Waals surface area (Å²) in [6.45, 7) is 12.3. The van der Waals surface area contributed by atoms with Crippen LogP contribution in [0.4, 0.5) is 17.1 Å². The lowest BCUT2D eigenvalue weighted by atomic mass is 9.86. The van der Waals surface area contributed by atoms with Gasteiger partial charge in [0.15, 0.2) is 5.75 Å². The summed E-state index contributed by atoms with van der Waals surface area (Å²) < 4.78 is 31.9. The minimum Gasteiger partial charge on any atom is -0.492 e. The minimum atomic E-state index is -3.62. The van der Waals surface area contributed by atoms with Crippen molar-refractivity contribution in [1.82, 2.24) is 5.32 Å². The molecule has 0 bridgehead atoms. The molecule has 0 saturated heterocycles. The number of carbonyl (C=O) groups is 2. The van der Waals surface area contributed by atoms with E-state index >= 15 is 0 Å². The van der Waals surface area contributed by atoms with E-state index in [1.807, 2.05) is 41.5 Å². The average molecular weight is 561 g/mol. The Kier molecular flexibility index (Phi) is 9.64. The lowest BCUT2D eigenvalue weighted by Gasteiger charge is -2.24. The molecule has 0 unspecified atom stereocenters. The topological polar surface area (TPSA) is 169 Å². The second-order valence-electron chi connectivity index (χ2n) is 11.5. The van der Waals surface area contributed by atoms with Gasteiger partial charge in [0.05, 0.1) is 30.4 Å². The fourth-order valence-electron chi connectivity index (χ4n) is 3.38. The molecule has 2 aromatic carbocycles. The summed E-state index contributed by atoms with van der Waals surface area (Å²) in [4.78, 5) is 25.6. The Bertz CT molecular complexity index is 1360. The van der Waals surface area contributed by atoms with Crippen LogP contribution in [0, 0.1) is 5.41 Å². The van der Waals surface area contributed by atoms with E-state index in [2.05, 4.69) is 15.4 Å². The van der Waals surface area contributed by atoms with Crippen molar-refractivity contribution in [3.63, 3.8) is 0 Å². The molecule has 0 heterocycles. The molecular weight excluding hydrogens is 520 g/mol. The van der Waals surface area contributed by atoms with E-state index in [0.29, 0.717) is 12.2 Å². The third-order valence-electron chi connectivity index (χ3n) is 5.43. The lowest BCUT2D eigenvalue weighted by Crippen LogP contribution is -2.37. The van der Waals surface area contributed by atoms with Gasteiger partial charge in [0, 0.05) is 18.3 Å². The second kappa shape index (κ2) is 12.0. The van der Waals surface area contributed by atoms with Crippen molar-refractivity contribution in [3.05, 3.63) is 59.4 Å². The minimum absolute atomic E-state index is 0.0914. The molecule has 39 heavy (non-hydrogen) atoms. The molecule has 2 aromatic rings. The Labute approximate surface area is 231 Å². The molecule has 0 radical (unpaired) electrons. The number of amides is 2. The van der Waals surface area contributed by atoms with E-state index in [-0.39, 0.29) is 39.2 Å². The summed E-state index contributed by atoms with van der Waals surface area (Å²) in [6, 6.07) is 9.82. The van der Waals surface area contributed by atoms with Crippen molar-refractivity contribution in [2.45, 2.75) is 47.0 Å². The van der Waals surface area contributed by atoms with Crippen LogP contribution in [0.25, 0.3) is 0 Å². The van der Waals surface area contributed by atoms with Gasteiger partial charge in [-0.3, -0.25) is 19.3 Å². The number of hydrazine groups is 1. The van der Waals surface area contributed by atoms with Crippen LogP contribution in [-0.2, 0) is 20.2 Å². The molecule has 0 atom stereocenters. The van der Waals surface area contributed by atoms with Gasteiger partial charge in [0.2, 0.25) is 10.0 Å². The first kappa shape index (κ1) is 31.4. The van der Waals surface area contributed by atoms with Crippen LogP contribution in [0.1, 0.15) is 57.5 Å². The Balaban J connectivity index is 2.37. The van der Waals surface area contributed by atoms with E-state index in [1.165, 1.54) is 19.4 Å². The molecule has 0 fully saturated rings. The summed E-state index contributed by atoms with van der Waals surface area (Å²) in [7, 11) is -2.23. The number of hydrogen-bond donors (Lipinski definition) is 5. The number of rotatable bonds is 9. The molecule has 2 amide bonds. The zero-order chi connectivity index (χ0) is 29.8. The van der Waals surface area contributed by atoms with Crippen LogP contribution >= 0.6 is 0 Å². The fourth-order valence-corrected chi connectivity index (χ4v) is 3.93. The summed E-state index contributed by atoms with van der Waals surface area (Å²) >= 11 is 0. The SMILES string of the molecule is COc1c(NC(=O)c2cccc(N(N)/C=C(\N)C(=O)NCC(C)(C)C)c2)cc(C(C)(C)C)cc1NS(C)(=O)=O. The highest BCUT2D eigenvalue weighted by molar-refractivity contribution is 7.92. The smallest absolute Gasteiger partial charge is 0.268 e. The van der Waals surface area contributed by atoms with Gasteiger partial charge in [-0.05, 0) is 46.7 Å². The summed E-state index contributed by atoms with van der Waals surface area (Å²) in [5.41, 5.74) is 7.28. The number of nitrogens with one attached hydrogen (secondary N) is 3. The summed E-state index contributed by atoms with van der Waals surface area (Å²) in [5, 5.41) is 6.71. The Morgan fingerprint density at radius 1 is 1.05 bits per heavy atom. The van der Waals surface area contributed by atoms with Gasteiger partial charge >= 0.3 is 0 Å². The summed E-state index contributed by atoms with van der Waals surface area (Å²) in [6.07, 6.45) is 2.31. The van der Waals surface area contributed by atoms with Crippen molar-refractivity contribution in [2.75, 3.05) is 35.0 Å². The maximum absolute atomic E-state index is 13.3. The van der Waals surface area contributed by atoms with Crippen molar-refractivity contribution >= 4 is 38.9 Å². The number of methoxy groups -OCH3 is 1. The van der Waals surface area contributed by atoms with Crippen LogP contribution in [-0.4, -0.2) is 40.1 Å². The second-order valence-corrected chi connectivity index (χ2v) is 13.2. The van der Waals surface area contributed by atoms with Gasteiger partial charge in [-0.15, -0.1) is 0 Å². The van der Waals surface area contributed by atoms with Crippen LogP contribution in [0.15, 0.2) is 48.3 Å². The van der Waals surface area contributed by atoms with Crippen molar-refractivity contribution < 1.29 is 22.7 Å². The van der Waals surface area contributed by atoms with Crippen molar-refractivity contribution in [1.29, 1.82) is 0 Å². The molecule has 12 heteroatoms. The zero-order valence-corrected chi connectivity index (χ0v) is 24.6. The van der Waals surface area contributed by atoms with Crippen molar-refractivity contribution in [3.8, 4) is 5.75 Å². The normalized spacial score (nSPS) is 12.5. The predicted octanol–water partition coefficient (Wildman–Crippen LogP) is 3.26. The van der Waals surface area contributed by atoms with E-state index in [0.717, 1.165) is 16.8 Å². The van der Waals surface area contributed by atoms with Gasteiger partial charge in [0.25, 0.3) is 11.8 Å². The molecule has 0 aromatic heterocycles. The summed E-state index contributed by atoms with van der Waals surface area (Å²) in [5.74, 6) is 5.33. The molecule has 2 rings (SSSR count). The van der Waals surface area contributed by atoms with Gasteiger partial charge in [-0.2, -0.15) is 0 Å². The molecule has 0 aliphatic carbocycles. The van der Waals surface area contributed by atoms with Crippen molar-refractivity contribution in [2.24, 2.45) is 17.0 Å². The van der Waals surface area contributed by atoms with Crippen LogP contribution in [0.2, 0.25) is 0 Å². The standard InChI is InChI=1S/C27H40N6O5S/c1-26(2,3)16-30-25(35)20(28)15-33(29)19-11-9-10-17(12-19)24(34)31-21-13-18(27(4,5)6)14-22(23(21)38-7)32-39(8,36)37/h9-15,32H,16,28-29H2,1-8H3,(H,30,35)(H,31,34)/b20-15-. The quantitative estimate of drug-likeness (QED) is 0.177. The van der Waals surface area contributed by atoms with Gasteiger partial charge < -0.3 is 21.1 Å². The maximum atomic E-state index is 13.3. The van der Waals surface area contributed by atoms with Crippen LogP contribution in [0.3, 0.4) is 0 Å². The van der Waals surface area contributed by atoms with Gasteiger partial charge in [-0.25, -0.2) is 14.3 Å². The predicted molar refractivity (Wildman–Crippen MR) is 156 cm³/mol. The Hall–Kier alpha value is -3.77. The molecule has 0 spiro atoms. The molecule has 7 N–H and O–H groups in total. The molecule has 0 aliphatic rings. The highest BCUT2D eigenvalue weighted by Gasteiger charge is 2.23. The molecule has 214 valence electrons. The first-order chi connectivity index (χ1) is 17.8. The first-order valence-corrected chi connectivity index (χ1v) is 14.1. The average Bonchev–Trinajstić information content (AvgIpc) is 2.80. The molecule has 0 saturated carbocycles. The van der Waals surface area contributed by atoms with Crippen LogP contribution < -0.4 is 36.7 Å². The largest absolute Gasteiger partial charge is 0.492 e. The third-order valence-corrected chi connectivity index (χ3v) is 6.02. The third kappa shape index (κ3) is 9.48. The number of anilines is 3. The molecule has 11 nitrogen and oxygen atoms in total.